The average Bonchev–Trinajstić information content (AvgIpc) is 3.10. The molecular formula is C18H26N6OS. The highest BCUT2D eigenvalue weighted by Crippen LogP contribution is 2.21. The van der Waals surface area contributed by atoms with E-state index >= 15 is 0 Å². The van der Waals surface area contributed by atoms with E-state index in [9.17, 15) is 4.79 Å². The first kappa shape index (κ1) is 18.7. The van der Waals surface area contributed by atoms with E-state index in [1.807, 2.05) is 16.7 Å². The first-order chi connectivity index (χ1) is 12.5. The molecule has 7 nitrogen and oxygen atoms in total. The zero-order chi connectivity index (χ0) is 18.5. The molecule has 1 amide bonds. The molecule has 1 aromatic heterocycles. The van der Waals surface area contributed by atoms with E-state index in [1.54, 1.807) is 6.33 Å². The Morgan fingerprint density at radius 3 is 2.54 bits per heavy atom. The summed E-state index contributed by atoms with van der Waals surface area (Å²) in [5, 5.41) is 11.7. The van der Waals surface area contributed by atoms with Gasteiger partial charge in [-0.2, -0.15) is 0 Å². The molecule has 1 fully saturated rings. The smallest absolute Gasteiger partial charge is 0.234 e. The molecule has 8 heteroatoms. The van der Waals surface area contributed by atoms with Crippen LogP contribution in [0.2, 0.25) is 0 Å². The van der Waals surface area contributed by atoms with Crippen molar-refractivity contribution in [3.05, 3.63) is 30.6 Å². The summed E-state index contributed by atoms with van der Waals surface area (Å²) >= 11 is 1.40. The third kappa shape index (κ3) is 4.76. The van der Waals surface area contributed by atoms with Crippen molar-refractivity contribution in [2.24, 2.45) is 0 Å². The van der Waals surface area contributed by atoms with Gasteiger partial charge < -0.3 is 19.7 Å². The van der Waals surface area contributed by atoms with Gasteiger partial charge in [0.15, 0.2) is 5.16 Å². The van der Waals surface area contributed by atoms with Gasteiger partial charge >= 0.3 is 0 Å². The van der Waals surface area contributed by atoms with Crippen LogP contribution < -0.4 is 10.2 Å². The number of nitrogens with one attached hydrogen (secondary N) is 1. The van der Waals surface area contributed by atoms with Crippen molar-refractivity contribution in [1.82, 2.24) is 19.7 Å². The molecule has 2 heterocycles. The van der Waals surface area contributed by atoms with Crippen molar-refractivity contribution in [1.29, 1.82) is 0 Å². The van der Waals surface area contributed by atoms with Gasteiger partial charge in [0.25, 0.3) is 0 Å². The predicted octanol–water partition coefficient (Wildman–Crippen LogP) is 2.34. The van der Waals surface area contributed by atoms with Gasteiger partial charge in [0.05, 0.1) is 5.75 Å². The summed E-state index contributed by atoms with van der Waals surface area (Å²) in [5.74, 6) is 0.270. The maximum Gasteiger partial charge on any atom is 0.234 e. The molecule has 26 heavy (non-hydrogen) atoms. The number of piperazine rings is 1. The lowest BCUT2D eigenvalue weighted by Crippen LogP contribution is -2.44. The van der Waals surface area contributed by atoms with E-state index in [-0.39, 0.29) is 11.9 Å². The van der Waals surface area contributed by atoms with Gasteiger partial charge in [-0.15, -0.1) is 10.2 Å². The minimum absolute atomic E-state index is 0.0411. The number of carbonyl (C=O) groups excluding carboxylic acids is 1. The average molecular weight is 375 g/mol. The van der Waals surface area contributed by atoms with Crippen LogP contribution in [-0.2, 0) is 4.79 Å². The van der Waals surface area contributed by atoms with Gasteiger partial charge in [-0.1, -0.05) is 11.8 Å². The molecule has 1 aliphatic rings. The molecule has 0 atom stereocenters. The normalized spacial score (nSPS) is 15.5. The Labute approximate surface area is 158 Å². The third-order valence-electron chi connectivity index (χ3n) is 4.45. The van der Waals surface area contributed by atoms with Crippen molar-refractivity contribution >= 4 is 29.0 Å². The number of benzene rings is 1. The van der Waals surface area contributed by atoms with Crippen LogP contribution in [0, 0.1) is 0 Å². The topological polar surface area (TPSA) is 66.3 Å². The fourth-order valence-electron chi connectivity index (χ4n) is 2.84. The Morgan fingerprint density at radius 1 is 1.19 bits per heavy atom. The zero-order valence-corrected chi connectivity index (χ0v) is 16.4. The van der Waals surface area contributed by atoms with Crippen LogP contribution in [0.25, 0.3) is 0 Å². The Hall–Kier alpha value is -2.06. The largest absolute Gasteiger partial charge is 0.369 e. The molecule has 0 unspecified atom stereocenters. The number of thioether (sulfide) groups is 1. The number of hydrogen-bond donors (Lipinski definition) is 1. The van der Waals surface area contributed by atoms with Gasteiger partial charge in [-0.05, 0) is 45.2 Å². The molecule has 0 saturated carbocycles. The van der Waals surface area contributed by atoms with Gasteiger partial charge in [-0.3, -0.25) is 4.79 Å². The van der Waals surface area contributed by atoms with Crippen LogP contribution in [0.1, 0.15) is 19.9 Å². The third-order valence-corrected chi connectivity index (χ3v) is 5.41. The number of nitrogens with zero attached hydrogens (tertiary/aromatic N) is 5. The van der Waals surface area contributed by atoms with Crippen LogP contribution in [0.3, 0.4) is 0 Å². The fraction of sp³-hybridized carbons (Fsp3) is 0.500. The van der Waals surface area contributed by atoms with Crippen LogP contribution in [0.5, 0.6) is 0 Å². The lowest BCUT2D eigenvalue weighted by Gasteiger charge is -2.34. The Kier molecular flexibility index (Phi) is 6.16. The summed E-state index contributed by atoms with van der Waals surface area (Å²) in [4.78, 5) is 16.9. The molecule has 1 aromatic carbocycles. The van der Waals surface area contributed by atoms with Crippen molar-refractivity contribution in [3.8, 4) is 0 Å². The number of aromatic nitrogens is 3. The highest BCUT2D eigenvalue weighted by Gasteiger charge is 2.14. The summed E-state index contributed by atoms with van der Waals surface area (Å²) in [6.45, 7) is 8.36. The molecule has 1 N–H and O–H groups in total. The van der Waals surface area contributed by atoms with Crippen molar-refractivity contribution < 1.29 is 4.79 Å². The Balaban J connectivity index is 1.50. The molecular weight excluding hydrogens is 348 g/mol. The van der Waals surface area contributed by atoms with Gasteiger partial charge in [0.1, 0.15) is 6.33 Å². The van der Waals surface area contributed by atoms with Crippen LogP contribution in [0.4, 0.5) is 11.4 Å². The van der Waals surface area contributed by atoms with Crippen molar-refractivity contribution in [3.63, 3.8) is 0 Å². The molecule has 0 spiro atoms. The van der Waals surface area contributed by atoms with Gasteiger partial charge in [0.2, 0.25) is 5.91 Å². The molecule has 3 rings (SSSR count). The second kappa shape index (κ2) is 8.55. The minimum atomic E-state index is -0.0411. The molecule has 0 radical (unpaired) electrons. The Morgan fingerprint density at radius 2 is 1.88 bits per heavy atom. The standard InChI is InChI=1S/C18H26N6OS/c1-14(2)24-13-19-21-18(24)26-12-17(25)20-15-4-6-16(7-5-15)23-10-8-22(3)9-11-23/h4-7,13-14H,8-12H2,1-3H3,(H,20,25). The van der Waals surface area contributed by atoms with E-state index in [2.05, 4.69) is 58.3 Å². The number of carbonyl (C=O) groups is 1. The van der Waals surface area contributed by atoms with E-state index in [0.29, 0.717) is 5.75 Å². The molecule has 0 aliphatic carbocycles. The first-order valence-electron chi connectivity index (χ1n) is 8.88. The fourth-order valence-corrected chi connectivity index (χ4v) is 3.68. The highest BCUT2D eigenvalue weighted by molar-refractivity contribution is 7.99. The molecule has 0 bridgehead atoms. The van der Waals surface area contributed by atoms with Gasteiger partial charge in [-0.25, -0.2) is 0 Å². The van der Waals surface area contributed by atoms with Crippen LogP contribution >= 0.6 is 11.8 Å². The maximum atomic E-state index is 12.2. The molecule has 2 aromatic rings. The maximum absolute atomic E-state index is 12.2. The lowest BCUT2D eigenvalue weighted by atomic mass is 10.2. The second-order valence-corrected chi connectivity index (χ2v) is 7.73. The lowest BCUT2D eigenvalue weighted by molar-refractivity contribution is -0.113. The monoisotopic (exact) mass is 374 g/mol. The van der Waals surface area contributed by atoms with E-state index < -0.39 is 0 Å². The van der Waals surface area contributed by atoms with E-state index in [1.165, 1.54) is 17.4 Å². The van der Waals surface area contributed by atoms with E-state index in [0.717, 1.165) is 37.0 Å². The van der Waals surface area contributed by atoms with Crippen molar-refractivity contribution in [2.45, 2.75) is 25.0 Å². The zero-order valence-electron chi connectivity index (χ0n) is 15.6. The first-order valence-corrected chi connectivity index (χ1v) is 9.87. The molecule has 1 aliphatic heterocycles. The van der Waals surface area contributed by atoms with Crippen LogP contribution in [-0.4, -0.2) is 64.6 Å². The summed E-state index contributed by atoms with van der Waals surface area (Å²) in [6, 6.07) is 8.35. The molecule has 140 valence electrons. The quantitative estimate of drug-likeness (QED) is 0.783. The van der Waals surface area contributed by atoms with E-state index in [4.69, 9.17) is 0 Å². The second-order valence-electron chi connectivity index (χ2n) is 6.79. The van der Waals surface area contributed by atoms with Crippen molar-refractivity contribution in [2.75, 3.05) is 49.2 Å². The number of likely N-dealkylation sites (N-methyl/N-ethyl adjacent to an activating group) is 1. The molecule has 1 saturated heterocycles. The number of amides is 1. The summed E-state index contributed by atoms with van der Waals surface area (Å²) in [7, 11) is 2.15. The highest BCUT2D eigenvalue weighted by atomic mass is 32.2. The number of hydrogen-bond acceptors (Lipinski definition) is 6. The summed E-state index contributed by atoms with van der Waals surface area (Å²) in [6.07, 6.45) is 1.70. The number of anilines is 2. The van der Waals surface area contributed by atoms with Gasteiger partial charge in [0, 0.05) is 43.6 Å². The predicted molar refractivity (Wildman–Crippen MR) is 106 cm³/mol. The SMILES string of the molecule is CC(C)n1cnnc1SCC(=O)Nc1ccc(N2CCN(C)CC2)cc1. The van der Waals surface area contributed by atoms with Crippen LogP contribution in [0.15, 0.2) is 35.7 Å². The Bertz CT molecular complexity index is 722. The number of rotatable bonds is 6. The summed E-state index contributed by atoms with van der Waals surface area (Å²) in [5.41, 5.74) is 2.02. The summed E-state index contributed by atoms with van der Waals surface area (Å²) < 4.78 is 1.96. The minimum Gasteiger partial charge on any atom is -0.369 e.